The summed E-state index contributed by atoms with van der Waals surface area (Å²) in [5, 5.41) is 11.4. The molecule has 136 valence electrons. The summed E-state index contributed by atoms with van der Waals surface area (Å²) in [5.74, 6) is 1.69. The fourth-order valence-electron chi connectivity index (χ4n) is 2.89. The van der Waals surface area contributed by atoms with E-state index in [-0.39, 0.29) is 0 Å². The second kappa shape index (κ2) is 7.55. The van der Waals surface area contributed by atoms with Crippen molar-refractivity contribution in [1.29, 1.82) is 0 Å². The first-order valence-electron chi connectivity index (χ1n) is 8.44. The van der Waals surface area contributed by atoms with Crippen molar-refractivity contribution >= 4 is 12.2 Å². The lowest BCUT2D eigenvalue weighted by Crippen LogP contribution is -2.04. The molecular formula is C19H18N6OS. The number of rotatable bonds is 6. The lowest BCUT2D eigenvalue weighted by Gasteiger charge is -2.09. The molecular weight excluding hydrogens is 360 g/mol. The number of aromatic nitrogens is 6. The Hall–Kier alpha value is -3.26. The van der Waals surface area contributed by atoms with Gasteiger partial charge in [0, 0.05) is 12.1 Å². The molecule has 1 N–H and O–H groups in total. The highest BCUT2D eigenvalue weighted by Crippen LogP contribution is 2.18. The molecule has 0 aliphatic carbocycles. The van der Waals surface area contributed by atoms with Gasteiger partial charge in [0.25, 0.3) is 0 Å². The quantitative estimate of drug-likeness (QED) is 0.522. The number of hydrogen-bond acceptors (Lipinski definition) is 5. The van der Waals surface area contributed by atoms with E-state index in [0.717, 1.165) is 28.4 Å². The fraction of sp³-hybridized carbons (Fsp3) is 0.158. The maximum absolute atomic E-state index is 5.44. The minimum Gasteiger partial charge on any atom is -0.497 e. The Morgan fingerprint density at radius 1 is 1.04 bits per heavy atom. The minimum atomic E-state index is 0.572. The summed E-state index contributed by atoms with van der Waals surface area (Å²) in [4.78, 5) is 3.96. The normalized spacial score (nSPS) is 10.9. The molecule has 2 aromatic heterocycles. The Kier molecular flexibility index (Phi) is 4.80. The molecule has 7 nitrogen and oxygen atoms in total. The van der Waals surface area contributed by atoms with Crippen LogP contribution in [0.2, 0.25) is 0 Å². The number of H-pyrrole nitrogens is 1. The number of nitrogens with zero attached hydrogens (tertiary/aromatic N) is 5. The summed E-state index contributed by atoms with van der Waals surface area (Å²) in [6, 6.07) is 16.1. The molecule has 4 aromatic rings. The molecule has 0 unspecified atom stereocenters. The maximum Gasteiger partial charge on any atom is 0.199 e. The van der Waals surface area contributed by atoms with Gasteiger partial charge in [-0.1, -0.05) is 24.3 Å². The maximum atomic E-state index is 5.44. The Labute approximate surface area is 161 Å². The zero-order chi connectivity index (χ0) is 18.6. The Morgan fingerprint density at radius 3 is 2.44 bits per heavy atom. The van der Waals surface area contributed by atoms with Gasteiger partial charge < -0.3 is 4.74 Å². The van der Waals surface area contributed by atoms with Crippen LogP contribution in [0.15, 0.2) is 61.2 Å². The van der Waals surface area contributed by atoms with Crippen LogP contribution in [0.4, 0.5) is 0 Å². The van der Waals surface area contributed by atoms with E-state index in [1.165, 1.54) is 6.33 Å². The molecule has 0 aliphatic heterocycles. The summed E-state index contributed by atoms with van der Waals surface area (Å²) in [5.41, 5.74) is 3.24. The van der Waals surface area contributed by atoms with Crippen LogP contribution in [0.1, 0.15) is 17.0 Å². The first kappa shape index (κ1) is 17.2. The van der Waals surface area contributed by atoms with Crippen molar-refractivity contribution in [3.8, 4) is 11.4 Å². The van der Waals surface area contributed by atoms with Gasteiger partial charge in [0.1, 0.15) is 24.2 Å². The number of nitrogens with one attached hydrogen (secondary N) is 1. The van der Waals surface area contributed by atoms with E-state index in [2.05, 4.69) is 32.4 Å². The fourth-order valence-corrected chi connectivity index (χ4v) is 3.15. The van der Waals surface area contributed by atoms with E-state index in [1.54, 1.807) is 18.1 Å². The second-order valence-corrected chi connectivity index (χ2v) is 6.45. The van der Waals surface area contributed by atoms with Gasteiger partial charge in [-0.15, -0.1) is 0 Å². The summed E-state index contributed by atoms with van der Waals surface area (Å²) in [6.45, 7) is 0.676. The Bertz CT molecular complexity index is 1060. The van der Waals surface area contributed by atoms with Crippen LogP contribution < -0.4 is 4.74 Å². The number of methoxy groups -OCH3 is 1. The highest BCUT2D eigenvalue weighted by Gasteiger charge is 2.10. The first-order chi connectivity index (χ1) is 13.2. The van der Waals surface area contributed by atoms with Crippen LogP contribution in [-0.4, -0.2) is 36.6 Å². The standard InChI is InChI=1S/C19H18N6OS/c1-26-17-8-4-14(5-9-17)10-18-22-23-19(27)25(18)16-6-2-15(3-7-16)11-24-13-20-12-21-24/h2-9,12-13H,10-11H2,1H3,(H,23,27). The van der Waals surface area contributed by atoms with Gasteiger partial charge in [0.05, 0.1) is 13.7 Å². The SMILES string of the molecule is COc1ccc(Cc2n[nH]c(=S)n2-c2ccc(Cn3cncn3)cc2)cc1. The smallest absolute Gasteiger partial charge is 0.199 e. The average molecular weight is 378 g/mol. The second-order valence-electron chi connectivity index (χ2n) is 6.06. The molecule has 0 fully saturated rings. The first-order valence-corrected chi connectivity index (χ1v) is 8.85. The Morgan fingerprint density at radius 2 is 1.78 bits per heavy atom. The molecule has 8 heteroatoms. The van der Waals surface area contributed by atoms with Gasteiger partial charge >= 0.3 is 0 Å². The lowest BCUT2D eigenvalue weighted by atomic mass is 10.1. The zero-order valence-electron chi connectivity index (χ0n) is 14.7. The van der Waals surface area contributed by atoms with Gasteiger partial charge in [0.2, 0.25) is 0 Å². The van der Waals surface area contributed by atoms with Crippen molar-refractivity contribution < 1.29 is 4.74 Å². The molecule has 4 rings (SSSR count). The molecule has 0 bridgehead atoms. The van der Waals surface area contributed by atoms with Crippen molar-refractivity contribution in [1.82, 2.24) is 29.5 Å². The van der Waals surface area contributed by atoms with Gasteiger partial charge in [-0.05, 0) is 47.6 Å². The van der Waals surface area contributed by atoms with E-state index in [0.29, 0.717) is 17.7 Å². The van der Waals surface area contributed by atoms with Gasteiger partial charge in [-0.3, -0.25) is 9.67 Å². The highest BCUT2D eigenvalue weighted by molar-refractivity contribution is 7.71. The molecule has 0 saturated heterocycles. The van der Waals surface area contributed by atoms with E-state index in [9.17, 15) is 0 Å². The summed E-state index contributed by atoms with van der Waals surface area (Å²) in [7, 11) is 1.66. The van der Waals surface area contributed by atoms with Gasteiger partial charge in [-0.25, -0.2) is 9.67 Å². The minimum absolute atomic E-state index is 0.572. The third-order valence-electron chi connectivity index (χ3n) is 4.27. The van der Waals surface area contributed by atoms with E-state index >= 15 is 0 Å². The van der Waals surface area contributed by atoms with Crippen molar-refractivity contribution in [3.63, 3.8) is 0 Å². The van der Waals surface area contributed by atoms with Crippen LogP contribution in [0.3, 0.4) is 0 Å². The van der Waals surface area contributed by atoms with Gasteiger partial charge in [0.15, 0.2) is 4.77 Å². The molecule has 2 aromatic carbocycles. The number of ether oxygens (including phenoxy) is 1. The molecule has 0 atom stereocenters. The third kappa shape index (κ3) is 3.80. The Balaban J connectivity index is 1.58. The predicted octanol–water partition coefficient (Wildman–Crippen LogP) is 3.17. The molecule has 0 aliphatic rings. The molecule has 0 spiro atoms. The van der Waals surface area contributed by atoms with Crippen molar-refractivity contribution in [2.24, 2.45) is 0 Å². The van der Waals surface area contributed by atoms with E-state index in [4.69, 9.17) is 17.0 Å². The van der Waals surface area contributed by atoms with Crippen LogP contribution in [0.25, 0.3) is 5.69 Å². The highest BCUT2D eigenvalue weighted by atomic mass is 32.1. The molecule has 0 amide bonds. The third-order valence-corrected chi connectivity index (χ3v) is 4.54. The van der Waals surface area contributed by atoms with Crippen LogP contribution in [0, 0.1) is 4.77 Å². The topological polar surface area (TPSA) is 73.5 Å². The van der Waals surface area contributed by atoms with Crippen molar-refractivity contribution in [3.05, 3.63) is 82.9 Å². The molecule has 0 saturated carbocycles. The largest absolute Gasteiger partial charge is 0.497 e. The van der Waals surface area contributed by atoms with Crippen molar-refractivity contribution in [2.75, 3.05) is 7.11 Å². The lowest BCUT2D eigenvalue weighted by molar-refractivity contribution is 0.414. The zero-order valence-corrected chi connectivity index (χ0v) is 15.6. The summed E-state index contributed by atoms with van der Waals surface area (Å²) < 4.78 is 9.53. The molecule has 0 radical (unpaired) electrons. The summed E-state index contributed by atoms with van der Waals surface area (Å²) >= 11 is 5.44. The van der Waals surface area contributed by atoms with Gasteiger partial charge in [-0.2, -0.15) is 10.2 Å². The number of hydrogen-bond donors (Lipinski definition) is 1. The number of aromatic amines is 1. The van der Waals surface area contributed by atoms with Crippen LogP contribution >= 0.6 is 12.2 Å². The summed E-state index contributed by atoms with van der Waals surface area (Å²) in [6.07, 6.45) is 3.90. The van der Waals surface area contributed by atoms with E-state index < -0.39 is 0 Å². The average Bonchev–Trinajstić information content (AvgIpc) is 3.33. The van der Waals surface area contributed by atoms with Crippen LogP contribution in [0.5, 0.6) is 5.75 Å². The van der Waals surface area contributed by atoms with Crippen molar-refractivity contribution in [2.45, 2.75) is 13.0 Å². The van der Waals surface area contributed by atoms with E-state index in [1.807, 2.05) is 41.0 Å². The molecule has 27 heavy (non-hydrogen) atoms. The monoisotopic (exact) mass is 378 g/mol. The number of benzene rings is 2. The van der Waals surface area contributed by atoms with Crippen LogP contribution in [-0.2, 0) is 13.0 Å². The molecule has 2 heterocycles. The predicted molar refractivity (Wildman–Crippen MR) is 104 cm³/mol.